The van der Waals surface area contributed by atoms with Crippen LogP contribution in [0.25, 0.3) is 6.08 Å². The van der Waals surface area contributed by atoms with E-state index >= 15 is 0 Å². The zero-order valence-electron chi connectivity index (χ0n) is 8.39. The molecule has 1 rings (SSSR count). The molecule has 0 atom stereocenters. The van der Waals surface area contributed by atoms with Crippen LogP contribution in [0, 0.1) is 6.92 Å². The van der Waals surface area contributed by atoms with Gasteiger partial charge in [0.2, 0.25) is 5.78 Å². The van der Waals surface area contributed by atoms with Gasteiger partial charge in [0, 0.05) is 19.2 Å². The van der Waals surface area contributed by atoms with Crippen LogP contribution in [0.4, 0.5) is 0 Å². The molecule has 1 aromatic heterocycles. The van der Waals surface area contributed by atoms with Gasteiger partial charge in [0.1, 0.15) is 0 Å². The van der Waals surface area contributed by atoms with Crippen LogP contribution in [-0.2, 0) is 9.59 Å². The second-order valence-corrected chi connectivity index (χ2v) is 3.00. The number of carbonyl (C=O) groups is 2. The van der Waals surface area contributed by atoms with E-state index in [-0.39, 0.29) is 0 Å². The zero-order valence-corrected chi connectivity index (χ0v) is 8.39. The van der Waals surface area contributed by atoms with E-state index in [9.17, 15) is 14.7 Å². The molecule has 5 heteroatoms. The Hall–Kier alpha value is -2.04. The minimum Gasteiger partial charge on any atom is -0.504 e. The molecular weight excluding hydrogens is 196 g/mol. The van der Waals surface area contributed by atoms with Gasteiger partial charge in [-0.15, -0.1) is 0 Å². The number of aryl methyl sites for hydroxylation is 1. The first-order valence-electron chi connectivity index (χ1n) is 4.25. The van der Waals surface area contributed by atoms with Crippen molar-refractivity contribution in [2.45, 2.75) is 13.8 Å². The predicted molar refractivity (Wildman–Crippen MR) is 53.1 cm³/mol. The van der Waals surface area contributed by atoms with Crippen LogP contribution in [0.2, 0.25) is 0 Å². The minimum absolute atomic E-state index is 0.327. The molecule has 15 heavy (non-hydrogen) atoms. The molecule has 1 aromatic rings. The average Bonchev–Trinajstić information content (AvgIpc) is 2.20. The van der Waals surface area contributed by atoms with Crippen LogP contribution in [0.5, 0.6) is 0 Å². The lowest BCUT2D eigenvalue weighted by atomic mass is 10.2. The SMILES string of the molecule is CC(=O)C(=O)/C(O)=C/c1cnc(C)cn1. The molecule has 0 aliphatic heterocycles. The average molecular weight is 206 g/mol. The van der Waals surface area contributed by atoms with E-state index in [1.54, 1.807) is 6.92 Å². The number of aliphatic hydroxyl groups excluding tert-OH is 1. The topological polar surface area (TPSA) is 80.2 Å². The summed E-state index contributed by atoms with van der Waals surface area (Å²) in [6.45, 7) is 2.86. The van der Waals surface area contributed by atoms with Crippen molar-refractivity contribution in [3.63, 3.8) is 0 Å². The number of hydrogen-bond donors (Lipinski definition) is 1. The van der Waals surface area contributed by atoms with Crippen LogP contribution in [-0.4, -0.2) is 26.6 Å². The molecule has 0 bridgehead atoms. The molecule has 78 valence electrons. The van der Waals surface area contributed by atoms with Gasteiger partial charge in [-0.25, -0.2) is 0 Å². The number of hydrogen-bond acceptors (Lipinski definition) is 5. The Labute approximate surface area is 86.5 Å². The summed E-state index contributed by atoms with van der Waals surface area (Å²) in [6, 6.07) is 0. The van der Waals surface area contributed by atoms with E-state index < -0.39 is 17.3 Å². The van der Waals surface area contributed by atoms with E-state index in [0.717, 1.165) is 18.7 Å². The second kappa shape index (κ2) is 4.45. The van der Waals surface area contributed by atoms with E-state index in [2.05, 4.69) is 9.97 Å². The third kappa shape index (κ3) is 2.98. The summed E-state index contributed by atoms with van der Waals surface area (Å²) in [7, 11) is 0. The predicted octanol–water partition coefficient (Wildman–Crippen LogP) is 0.842. The normalized spacial score (nSPS) is 11.2. The van der Waals surface area contributed by atoms with Crippen molar-refractivity contribution < 1.29 is 14.7 Å². The third-order valence-electron chi connectivity index (χ3n) is 1.64. The van der Waals surface area contributed by atoms with Crippen molar-refractivity contribution >= 4 is 17.6 Å². The molecule has 0 aliphatic rings. The highest BCUT2D eigenvalue weighted by atomic mass is 16.3. The molecule has 0 saturated heterocycles. The molecule has 1 N–H and O–H groups in total. The van der Waals surface area contributed by atoms with Crippen molar-refractivity contribution in [2.24, 2.45) is 0 Å². The van der Waals surface area contributed by atoms with Crippen molar-refractivity contribution in [1.29, 1.82) is 0 Å². The maximum atomic E-state index is 11.0. The van der Waals surface area contributed by atoms with Gasteiger partial charge in [-0.05, 0) is 6.92 Å². The van der Waals surface area contributed by atoms with E-state index in [4.69, 9.17) is 0 Å². The highest BCUT2D eigenvalue weighted by Crippen LogP contribution is 2.02. The highest BCUT2D eigenvalue weighted by molar-refractivity contribution is 6.42. The molecule has 0 aliphatic carbocycles. The molecular formula is C10H10N2O3. The van der Waals surface area contributed by atoms with Crippen molar-refractivity contribution in [2.75, 3.05) is 0 Å². The largest absolute Gasteiger partial charge is 0.504 e. The fourth-order valence-corrected chi connectivity index (χ4v) is 0.863. The number of aromatic nitrogens is 2. The first-order valence-corrected chi connectivity index (χ1v) is 4.25. The van der Waals surface area contributed by atoms with Crippen molar-refractivity contribution in [3.05, 3.63) is 29.5 Å². The van der Waals surface area contributed by atoms with Crippen molar-refractivity contribution in [1.82, 2.24) is 9.97 Å². The molecule has 1 heterocycles. The Morgan fingerprint density at radius 1 is 1.33 bits per heavy atom. The van der Waals surface area contributed by atoms with Gasteiger partial charge in [0.25, 0.3) is 5.78 Å². The zero-order chi connectivity index (χ0) is 11.4. The number of rotatable bonds is 3. The van der Waals surface area contributed by atoms with Gasteiger partial charge in [-0.1, -0.05) is 0 Å². The minimum atomic E-state index is -0.933. The van der Waals surface area contributed by atoms with Gasteiger partial charge in [-0.3, -0.25) is 19.6 Å². The van der Waals surface area contributed by atoms with Crippen molar-refractivity contribution in [3.8, 4) is 0 Å². The summed E-state index contributed by atoms with van der Waals surface area (Å²) in [6.07, 6.45) is 4.01. The Bertz CT molecular complexity index is 421. The third-order valence-corrected chi connectivity index (χ3v) is 1.64. The first kappa shape index (κ1) is 11.0. The lowest BCUT2D eigenvalue weighted by Gasteiger charge is -1.96. The van der Waals surface area contributed by atoms with Gasteiger partial charge >= 0.3 is 0 Å². The molecule has 0 saturated carbocycles. The summed E-state index contributed by atoms with van der Waals surface area (Å²) in [5.41, 5.74) is 1.05. The number of carbonyl (C=O) groups excluding carboxylic acids is 2. The van der Waals surface area contributed by atoms with Gasteiger partial charge < -0.3 is 5.11 Å². The number of Topliss-reactive ketones (excluding diaryl/α,β-unsaturated/α-hetero) is 2. The second-order valence-electron chi connectivity index (χ2n) is 3.00. The summed E-state index contributed by atoms with van der Waals surface area (Å²) >= 11 is 0. The smallest absolute Gasteiger partial charge is 0.262 e. The van der Waals surface area contributed by atoms with Gasteiger partial charge in [-0.2, -0.15) is 0 Å². The molecule has 0 spiro atoms. The Kier molecular flexibility index (Phi) is 3.28. The summed E-state index contributed by atoms with van der Waals surface area (Å²) in [5.74, 6) is -2.28. The Morgan fingerprint density at radius 3 is 2.47 bits per heavy atom. The van der Waals surface area contributed by atoms with E-state index in [0.29, 0.717) is 5.69 Å². The number of nitrogens with zero attached hydrogens (tertiary/aromatic N) is 2. The molecule has 0 aromatic carbocycles. The lowest BCUT2D eigenvalue weighted by molar-refractivity contribution is -0.134. The summed E-state index contributed by atoms with van der Waals surface area (Å²) < 4.78 is 0. The van der Waals surface area contributed by atoms with Crippen LogP contribution in [0.3, 0.4) is 0 Å². The Balaban J connectivity index is 2.92. The number of aliphatic hydroxyl groups is 1. The van der Waals surface area contributed by atoms with Gasteiger partial charge in [0.05, 0.1) is 17.6 Å². The van der Waals surface area contributed by atoms with Crippen LogP contribution in [0.15, 0.2) is 18.2 Å². The molecule has 0 unspecified atom stereocenters. The standard InChI is InChI=1S/C10H10N2O3/c1-6-4-12-8(5-11-6)3-9(14)10(15)7(2)13/h3-5,14H,1-2H3/b9-3-. The van der Waals surface area contributed by atoms with E-state index in [1.165, 1.54) is 12.4 Å². The molecule has 0 amide bonds. The monoisotopic (exact) mass is 206 g/mol. The van der Waals surface area contributed by atoms with E-state index in [1.807, 2.05) is 0 Å². The molecule has 0 radical (unpaired) electrons. The maximum absolute atomic E-state index is 11.0. The maximum Gasteiger partial charge on any atom is 0.262 e. The summed E-state index contributed by atoms with van der Waals surface area (Å²) in [4.78, 5) is 29.5. The number of ketones is 2. The molecule has 5 nitrogen and oxygen atoms in total. The lowest BCUT2D eigenvalue weighted by Crippen LogP contribution is -2.11. The first-order chi connectivity index (χ1) is 7.00. The fraction of sp³-hybridized carbons (Fsp3) is 0.200. The van der Waals surface area contributed by atoms with Crippen LogP contribution >= 0.6 is 0 Å². The van der Waals surface area contributed by atoms with Crippen LogP contribution < -0.4 is 0 Å². The summed E-state index contributed by atoms with van der Waals surface area (Å²) in [5, 5.41) is 9.23. The highest BCUT2D eigenvalue weighted by Gasteiger charge is 2.13. The van der Waals surface area contributed by atoms with Crippen LogP contribution in [0.1, 0.15) is 18.3 Å². The number of allylic oxidation sites excluding steroid dienone is 1. The fourth-order valence-electron chi connectivity index (χ4n) is 0.863. The van der Waals surface area contributed by atoms with Gasteiger partial charge in [0.15, 0.2) is 5.76 Å². The quantitative estimate of drug-likeness (QED) is 0.450. The Morgan fingerprint density at radius 2 is 2.00 bits per heavy atom. The molecule has 0 fully saturated rings.